The Balaban J connectivity index is 0.000000169. The normalized spacial score (nSPS) is 10.8. The summed E-state index contributed by atoms with van der Waals surface area (Å²) in [4.78, 5) is 20.1. The fourth-order valence-corrected chi connectivity index (χ4v) is 5.08. The van der Waals surface area contributed by atoms with Gasteiger partial charge in [-0.05, 0) is 43.3 Å². The van der Waals surface area contributed by atoms with E-state index >= 15 is 0 Å². The van der Waals surface area contributed by atoms with Crippen LogP contribution in [0.25, 0.3) is 20.4 Å². The van der Waals surface area contributed by atoms with Crippen LogP contribution >= 0.6 is 54.5 Å². The van der Waals surface area contributed by atoms with Gasteiger partial charge >= 0.3 is 5.97 Å². The predicted molar refractivity (Wildman–Crippen MR) is 126 cm³/mol. The van der Waals surface area contributed by atoms with Crippen LogP contribution in [0, 0.1) is 0 Å². The number of fused-ring (bicyclic) bond motifs is 2. The zero-order chi connectivity index (χ0) is 20.8. The number of rotatable bonds is 5. The van der Waals surface area contributed by atoms with Crippen molar-refractivity contribution in [3.63, 3.8) is 0 Å². The fourth-order valence-electron chi connectivity index (χ4n) is 2.51. The summed E-state index contributed by atoms with van der Waals surface area (Å²) in [6, 6.07) is 11.9. The number of benzene rings is 2. The Kier molecular flexibility index (Phi) is 8.14. The maximum Gasteiger partial charge on any atom is 0.312 e. The molecule has 0 radical (unpaired) electrons. The van der Waals surface area contributed by atoms with Gasteiger partial charge in [-0.25, -0.2) is 9.97 Å². The fraction of sp³-hybridized carbons (Fsp3) is 0.250. The summed E-state index contributed by atoms with van der Waals surface area (Å²) in [6.07, 6.45) is 0.905. The number of aliphatic hydroxyl groups excluding tert-OH is 1. The first kappa shape index (κ1) is 22.3. The van der Waals surface area contributed by atoms with Gasteiger partial charge in [0.15, 0.2) is 0 Å². The number of esters is 1. The lowest BCUT2D eigenvalue weighted by molar-refractivity contribution is -0.142. The first-order valence-corrected chi connectivity index (χ1v) is 12.1. The van der Waals surface area contributed by atoms with Crippen LogP contribution < -0.4 is 0 Å². The molecule has 0 saturated carbocycles. The lowest BCUT2D eigenvalue weighted by Gasteiger charge is -1.97. The summed E-state index contributed by atoms with van der Waals surface area (Å²) >= 11 is 9.95. The molecule has 0 spiro atoms. The summed E-state index contributed by atoms with van der Waals surface area (Å²) in [5.74, 6) is -0.222. The third-order valence-electron chi connectivity index (χ3n) is 3.71. The minimum atomic E-state index is -0.222. The smallest absolute Gasteiger partial charge is 0.312 e. The second kappa shape index (κ2) is 10.6. The predicted octanol–water partition coefficient (Wildman–Crippen LogP) is 5.76. The van der Waals surface area contributed by atoms with E-state index in [0.29, 0.717) is 13.0 Å². The number of hydrogen-bond donors (Lipinski definition) is 1. The van der Waals surface area contributed by atoms with E-state index in [1.54, 1.807) is 18.3 Å². The number of ether oxygens (including phenoxy) is 1. The first-order chi connectivity index (χ1) is 14.0. The summed E-state index contributed by atoms with van der Waals surface area (Å²) < 4.78 is 9.18. The molecule has 152 valence electrons. The Bertz CT molecular complexity index is 1130. The monoisotopic (exact) mass is 556 g/mol. The van der Waals surface area contributed by atoms with Crippen LogP contribution in [0.5, 0.6) is 0 Å². The Labute approximate surface area is 193 Å². The third-order valence-corrected chi connectivity index (χ3v) is 6.83. The molecule has 0 saturated heterocycles. The Hall–Kier alpha value is -1.39. The van der Waals surface area contributed by atoms with E-state index in [-0.39, 0.29) is 19.0 Å². The number of aliphatic hydroxyl groups is 1. The number of nitrogens with zero attached hydrogens (tertiary/aromatic N) is 2. The molecule has 0 aliphatic heterocycles. The quantitative estimate of drug-likeness (QED) is 0.316. The zero-order valence-corrected chi connectivity index (χ0v) is 20.3. The van der Waals surface area contributed by atoms with Crippen molar-refractivity contribution >= 4 is 80.9 Å². The molecule has 5 nitrogen and oxygen atoms in total. The topological polar surface area (TPSA) is 72.3 Å². The van der Waals surface area contributed by atoms with Crippen LogP contribution in [0.15, 0.2) is 45.3 Å². The standard InChI is InChI=1S/C11H10BrNO2S.C9H8BrNOS/c1-2-15-11(14)6-10-13-8-5-7(12)3-4-9(8)16-10;10-6-1-2-8-7(5-6)11-9(13-8)3-4-12/h3-5H,2,6H2,1H3;1-2,5,12H,3-4H2. The molecule has 4 aromatic rings. The molecule has 29 heavy (non-hydrogen) atoms. The highest BCUT2D eigenvalue weighted by atomic mass is 79.9. The average Bonchev–Trinajstić information content (AvgIpc) is 3.24. The summed E-state index contributed by atoms with van der Waals surface area (Å²) in [5, 5.41) is 10.6. The van der Waals surface area contributed by atoms with Crippen LogP contribution in [-0.4, -0.2) is 34.3 Å². The molecule has 2 aromatic carbocycles. The van der Waals surface area contributed by atoms with Gasteiger partial charge in [0.25, 0.3) is 0 Å². The maximum atomic E-state index is 11.3. The molecule has 2 heterocycles. The molecule has 2 aromatic heterocycles. The lowest BCUT2D eigenvalue weighted by atomic mass is 10.3. The molecule has 0 fully saturated rings. The number of aromatic nitrogens is 2. The number of halogens is 2. The Morgan fingerprint density at radius 3 is 2.10 bits per heavy atom. The van der Waals surface area contributed by atoms with Crippen molar-refractivity contribution in [2.75, 3.05) is 13.2 Å². The van der Waals surface area contributed by atoms with Gasteiger partial charge in [0.2, 0.25) is 0 Å². The van der Waals surface area contributed by atoms with Crippen molar-refractivity contribution in [1.82, 2.24) is 9.97 Å². The third kappa shape index (κ3) is 6.29. The molecule has 4 rings (SSSR count). The van der Waals surface area contributed by atoms with Crippen molar-refractivity contribution in [2.45, 2.75) is 19.8 Å². The molecule has 0 aliphatic carbocycles. The van der Waals surface area contributed by atoms with Crippen LogP contribution in [0.3, 0.4) is 0 Å². The van der Waals surface area contributed by atoms with Crippen LogP contribution in [-0.2, 0) is 22.4 Å². The second-order valence-corrected chi connectivity index (χ2v) is 9.96. The van der Waals surface area contributed by atoms with Gasteiger partial charge in [-0.2, -0.15) is 0 Å². The van der Waals surface area contributed by atoms with Gasteiger partial charge in [-0.1, -0.05) is 31.9 Å². The van der Waals surface area contributed by atoms with E-state index in [2.05, 4.69) is 41.8 Å². The minimum Gasteiger partial charge on any atom is -0.466 e. The molecule has 0 aliphatic rings. The van der Waals surface area contributed by atoms with Gasteiger partial charge in [0.1, 0.15) is 5.01 Å². The van der Waals surface area contributed by atoms with E-state index in [1.165, 1.54) is 16.0 Å². The minimum absolute atomic E-state index is 0.168. The number of hydrogen-bond acceptors (Lipinski definition) is 7. The number of carbonyl (C=O) groups is 1. The molecule has 1 N–H and O–H groups in total. The van der Waals surface area contributed by atoms with Crippen molar-refractivity contribution in [3.8, 4) is 0 Å². The molecule has 0 amide bonds. The second-order valence-electron chi connectivity index (χ2n) is 5.89. The van der Waals surface area contributed by atoms with E-state index < -0.39 is 0 Å². The van der Waals surface area contributed by atoms with Crippen LogP contribution in [0.2, 0.25) is 0 Å². The van der Waals surface area contributed by atoms with Gasteiger partial charge in [0, 0.05) is 22.0 Å². The Morgan fingerprint density at radius 1 is 1.00 bits per heavy atom. The number of thiazole rings is 2. The number of carbonyl (C=O) groups excluding carboxylic acids is 1. The lowest BCUT2D eigenvalue weighted by Crippen LogP contribution is -2.06. The maximum absolute atomic E-state index is 11.3. The van der Waals surface area contributed by atoms with Crippen molar-refractivity contribution < 1.29 is 14.6 Å². The van der Waals surface area contributed by atoms with Crippen LogP contribution in [0.1, 0.15) is 16.9 Å². The molecular weight excluding hydrogens is 540 g/mol. The van der Waals surface area contributed by atoms with Gasteiger partial charge in [-0.3, -0.25) is 4.79 Å². The van der Waals surface area contributed by atoms with E-state index in [1.807, 2.05) is 36.4 Å². The van der Waals surface area contributed by atoms with Crippen LogP contribution in [0.4, 0.5) is 0 Å². The van der Waals surface area contributed by atoms with Gasteiger partial charge < -0.3 is 9.84 Å². The zero-order valence-electron chi connectivity index (χ0n) is 15.5. The highest BCUT2D eigenvalue weighted by molar-refractivity contribution is 9.10. The molecule has 0 bridgehead atoms. The molecule has 0 atom stereocenters. The van der Waals surface area contributed by atoms with E-state index in [9.17, 15) is 4.79 Å². The van der Waals surface area contributed by atoms with Crippen molar-refractivity contribution in [1.29, 1.82) is 0 Å². The SMILES string of the molecule is CCOC(=O)Cc1nc2cc(Br)ccc2s1.OCCc1nc2cc(Br)ccc2s1. The molecular formula is C20H18Br2N2O3S2. The Morgan fingerprint density at radius 2 is 1.55 bits per heavy atom. The summed E-state index contributed by atoms with van der Waals surface area (Å²) in [6.45, 7) is 2.38. The van der Waals surface area contributed by atoms with E-state index in [4.69, 9.17) is 9.84 Å². The first-order valence-electron chi connectivity index (χ1n) is 8.85. The highest BCUT2D eigenvalue weighted by Crippen LogP contribution is 2.26. The van der Waals surface area contributed by atoms with Crippen molar-refractivity contribution in [2.24, 2.45) is 0 Å². The van der Waals surface area contributed by atoms with Gasteiger partial charge in [-0.15, -0.1) is 22.7 Å². The van der Waals surface area contributed by atoms with E-state index in [0.717, 1.165) is 34.7 Å². The average molecular weight is 558 g/mol. The van der Waals surface area contributed by atoms with Crippen molar-refractivity contribution in [3.05, 3.63) is 55.4 Å². The molecule has 0 unspecified atom stereocenters. The molecule has 9 heteroatoms. The highest BCUT2D eigenvalue weighted by Gasteiger charge is 2.09. The summed E-state index contributed by atoms with van der Waals surface area (Å²) in [5.41, 5.74) is 1.92. The largest absolute Gasteiger partial charge is 0.466 e. The summed E-state index contributed by atoms with van der Waals surface area (Å²) in [7, 11) is 0. The van der Waals surface area contributed by atoms with Gasteiger partial charge in [0.05, 0.1) is 38.5 Å².